The summed E-state index contributed by atoms with van der Waals surface area (Å²) in [5, 5.41) is 0. The Morgan fingerprint density at radius 1 is 1.33 bits per heavy atom. The minimum atomic E-state index is 0.00713. The molecule has 2 unspecified atom stereocenters. The zero-order chi connectivity index (χ0) is 9.35. The summed E-state index contributed by atoms with van der Waals surface area (Å²) >= 11 is 3.66. The van der Waals surface area contributed by atoms with E-state index in [0.29, 0.717) is 16.8 Å². The first-order valence-corrected chi connectivity index (χ1v) is 5.67. The molecular weight excluding hydrogens is 216 g/mol. The standard InChI is InChI=1S/C10H19BrO/c1-7(2)8-5-6-9(11)10(3,4)12-8/h7-9H,5-6H2,1-4H3. The van der Waals surface area contributed by atoms with Crippen LogP contribution in [0.1, 0.15) is 40.5 Å². The highest BCUT2D eigenvalue weighted by atomic mass is 79.9. The second-order valence-corrected chi connectivity index (χ2v) is 5.65. The molecule has 2 heteroatoms. The lowest BCUT2D eigenvalue weighted by Crippen LogP contribution is -2.45. The number of rotatable bonds is 1. The molecule has 0 N–H and O–H groups in total. The smallest absolute Gasteiger partial charge is 0.0754 e. The van der Waals surface area contributed by atoms with Crippen LogP contribution in [0.4, 0.5) is 0 Å². The molecule has 0 aromatic rings. The molecule has 0 aromatic carbocycles. The average Bonchev–Trinajstić information content (AvgIpc) is 1.94. The molecule has 1 fully saturated rings. The molecular formula is C10H19BrO. The topological polar surface area (TPSA) is 9.23 Å². The highest BCUT2D eigenvalue weighted by Gasteiger charge is 2.36. The number of hydrogen-bond acceptors (Lipinski definition) is 1. The van der Waals surface area contributed by atoms with Crippen molar-refractivity contribution in [2.24, 2.45) is 5.92 Å². The highest BCUT2D eigenvalue weighted by Crippen LogP contribution is 2.35. The minimum absolute atomic E-state index is 0.00713. The molecule has 0 bridgehead atoms. The third-order valence-electron chi connectivity index (χ3n) is 2.66. The Morgan fingerprint density at radius 2 is 1.92 bits per heavy atom. The first-order valence-electron chi connectivity index (χ1n) is 4.75. The second-order valence-electron chi connectivity index (χ2n) is 4.55. The fourth-order valence-corrected chi connectivity index (χ4v) is 2.02. The van der Waals surface area contributed by atoms with Crippen molar-refractivity contribution >= 4 is 15.9 Å². The Kier molecular flexibility index (Phi) is 3.21. The van der Waals surface area contributed by atoms with Crippen LogP contribution < -0.4 is 0 Å². The minimum Gasteiger partial charge on any atom is -0.371 e. The summed E-state index contributed by atoms with van der Waals surface area (Å²) in [6, 6.07) is 0. The summed E-state index contributed by atoms with van der Waals surface area (Å²) in [5.41, 5.74) is 0.00713. The van der Waals surface area contributed by atoms with E-state index in [1.807, 2.05) is 0 Å². The zero-order valence-electron chi connectivity index (χ0n) is 8.43. The van der Waals surface area contributed by atoms with Gasteiger partial charge < -0.3 is 4.74 Å². The Hall–Kier alpha value is 0.440. The van der Waals surface area contributed by atoms with Crippen molar-refractivity contribution in [1.29, 1.82) is 0 Å². The fourth-order valence-electron chi connectivity index (χ4n) is 1.65. The van der Waals surface area contributed by atoms with Gasteiger partial charge in [-0.25, -0.2) is 0 Å². The van der Waals surface area contributed by atoms with Crippen LogP contribution in [0.25, 0.3) is 0 Å². The highest BCUT2D eigenvalue weighted by molar-refractivity contribution is 9.09. The van der Waals surface area contributed by atoms with E-state index in [0.717, 1.165) is 0 Å². The van der Waals surface area contributed by atoms with Gasteiger partial charge in [0, 0.05) is 4.83 Å². The Morgan fingerprint density at radius 3 is 2.33 bits per heavy atom. The van der Waals surface area contributed by atoms with Crippen molar-refractivity contribution in [3.63, 3.8) is 0 Å². The lowest BCUT2D eigenvalue weighted by molar-refractivity contribution is -0.117. The molecule has 0 saturated carbocycles. The summed E-state index contributed by atoms with van der Waals surface area (Å²) < 4.78 is 6.00. The van der Waals surface area contributed by atoms with Gasteiger partial charge in [-0.1, -0.05) is 29.8 Å². The molecule has 0 amide bonds. The summed E-state index contributed by atoms with van der Waals surface area (Å²) in [4.78, 5) is 0.514. The van der Waals surface area contributed by atoms with Crippen molar-refractivity contribution in [1.82, 2.24) is 0 Å². The maximum atomic E-state index is 6.00. The van der Waals surface area contributed by atoms with E-state index in [1.54, 1.807) is 0 Å². The average molecular weight is 235 g/mol. The Labute approximate surface area is 84.0 Å². The molecule has 0 radical (unpaired) electrons. The van der Waals surface area contributed by atoms with Crippen LogP contribution in [0.2, 0.25) is 0 Å². The molecule has 0 spiro atoms. The van der Waals surface area contributed by atoms with Crippen molar-refractivity contribution < 1.29 is 4.74 Å². The lowest BCUT2D eigenvalue weighted by atomic mass is 9.91. The number of ether oxygens (including phenoxy) is 1. The van der Waals surface area contributed by atoms with Gasteiger partial charge in [0.15, 0.2) is 0 Å². The third kappa shape index (κ3) is 2.23. The molecule has 1 aliphatic heterocycles. The van der Waals surface area contributed by atoms with E-state index < -0.39 is 0 Å². The monoisotopic (exact) mass is 234 g/mol. The second kappa shape index (κ2) is 3.67. The van der Waals surface area contributed by atoms with Crippen molar-refractivity contribution in [3.8, 4) is 0 Å². The van der Waals surface area contributed by atoms with Crippen molar-refractivity contribution in [2.75, 3.05) is 0 Å². The maximum Gasteiger partial charge on any atom is 0.0754 e. The number of alkyl halides is 1. The molecule has 1 rings (SSSR count). The molecule has 0 aromatic heterocycles. The van der Waals surface area contributed by atoms with Gasteiger partial charge in [-0.15, -0.1) is 0 Å². The predicted molar refractivity (Wildman–Crippen MR) is 55.7 cm³/mol. The fraction of sp³-hybridized carbons (Fsp3) is 1.00. The summed E-state index contributed by atoms with van der Waals surface area (Å²) in [6.45, 7) is 8.80. The summed E-state index contributed by atoms with van der Waals surface area (Å²) in [7, 11) is 0. The van der Waals surface area contributed by atoms with Crippen LogP contribution in [0.5, 0.6) is 0 Å². The van der Waals surface area contributed by atoms with Crippen molar-refractivity contribution in [2.45, 2.75) is 57.1 Å². The van der Waals surface area contributed by atoms with E-state index >= 15 is 0 Å². The molecule has 1 heterocycles. The molecule has 0 aliphatic carbocycles. The van der Waals surface area contributed by atoms with Gasteiger partial charge in [0.1, 0.15) is 0 Å². The lowest BCUT2D eigenvalue weighted by Gasteiger charge is -2.41. The Bertz CT molecular complexity index is 154. The number of halogens is 1. The van der Waals surface area contributed by atoms with Crippen LogP contribution in [-0.4, -0.2) is 16.5 Å². The largest absolute Gasteiger partial charge is 0.371 e. The van der Waals surface area contributed by atoms with E-state index in [1.165, 1.54) is 12.8 Å². The maximum absolute atomic E-state index is 6.00. The van der Waals surface area contributed by atoms with E-state index in [9.17, 15) is 0 Å². The Balaban J connectivity index is 2.57. The predicted octanol–water partition coefficient (Wildman–Crippen LogP) is 3.36. The van der Waals surface area contributed by atoms with Crippen LogP contribution >= 0.6 is 15.9 Å². The van der Waals surface area contributed by atoms with Gasteiger partial charge in [-0.2, -0.15) is 0 Å². The molecule has 1 saturated heterocycles. The first kappa shape index (κ1) is 10.5. The van der Waals surface area contributed by atoms with E-state index in [2.05, 4.69) is 43.6 Å². The molecule has 2 atom stereocenters. The third-order valence-corrected chi connectivity index (χ3v) is 4.22. The van der Waals surface area contributed by atoms with Crippen LogP contribution in [0.15, 0.2) is 0 Å². The molecule has 72 valence electrons. The van der Waals surface area contributed by atoms with Gasteiger partial charge in [0.25, 0.3) is 0 Å². The van der Waals surface area contributed by atoms with Gasteiger partial charge >= 0.3 is 0 Å². The molecule has 1 aliphatic rings. The summed E-state index contributed by atoms with van der Waals surface area (Å²) in [6.07, 6.45) is 2.88. The SMILES string of the molecule is CC(C)C1CCC(Br)C(C)(C)O1. The normalized spacial score (nSPS) is 35.5. The van der Waals surface area contributed by atoms with E-state index in [-0.39, 0.29) is 5.60 Å². The van der Waals surface area contributed by atoms with E-state index in [4.69, 9.17) is 4.74 Å². The van der Waals surface area contributed by atoms with Gasteiger partial charge in [0.2, 0.25) is 0 Å². The van der Waals surface area contributed by atoms with Gasteiger partial charge in [-0.3, -0.25) is 0 Å². The molecule has 1 nitrogen and oxygen atoms in total. The first-order chi connectivity index (χ1) is 5.43. The van der Waals surface area contributed by atoms with Crippen molar-refractivity contribution in [3.05, 3.63) is 0 Å². The zero-order valence-corrected chi connectivity index (χ0v) is 10.0. The van der Waals surface area contributed by atoms with Crippen LogP contribution in [0, 0.1) is 5.92 Å². The quantitative estimate of drug-likeness (QED) is 0.633. The summed E-state index contributed by atoms with van der Waals surface area (Å²) in [5.74, 6) is 0.643. The van der Waals surface area contributed by atoms with Gasteiger partial charge in [0.05, 0.1) is 11.7 Å². The molecule has 12 heavy (non-hydrogen) atoms. The van der Waals surface area contributed by atoms with Gasteiger partial charge in [-0.05, 0) is 32.6 Å². The van der Waals surface area contributed by atoms with Crippen LogP contribution in [-0.2, 0) is 4.74 Å². The number of hydrogen-bond donors (Lipinski definition) is 0. The van der Waals surface area contributed by atoms with Crippen LogP contribution in [0.3, 0.4) is 0 Å².